The Balaban J connectivity index is 1.68. The number of para-hydroxylation sites is 1. The van der Waals surface area contributed by atoms with Gasteiger partial charge in [0, 0.05) is 17.1 Å². The van der Waals surface area contributed by atoms with E-state index in [-0.39, 0.29) is 18.5 Å². The van der Waals surface area contributed by atoms with Crippen LogP contribution >= 0.6 is 0 Å². The third-order valence-electron chi connectivity index (χ3n) is 4.83. The molecule has 2 aromatic carbocycles. The van der Waals surface area contributed by atoms with Crippen molar-refractivity contribution in [3.63, 3.8) is 0 Å². The number of rotatable bonds is 7. The van der Waals surface area contributed by atoms with Crippen LogP contribution in [0.5, 0.6) is 0 Å². The molecule has 0 aliphatic rings. The van der Waals surface area contributed by atoms with Crippen LogP contribution in [0.1, 0.15) is 30.7 Å². The van der Waals surface area contributed by atoms with E-state index in [4.69, 9.17) is 4.98 Å². The van der Waals surface area contributed by atoms with Gasteiger partial charge in [-0.15, -0.1) is 0 Å². The number of aryl methyl sites for hydroxylation is 1. The number of aromatic nitrogens is 1. The maximum Gasteiger partial charge on any atom is 0.238 e. The van der Waals surface area contributed by atoms with Crippen LogP contribution in [0.4, 0.5) is 5.69 Å². The van der Waals surface area contributed by atoms with Crippen LogP contribution in [0.15, 0.2) is 54.6 Å². The predicted octanol–water partition coefficient (Wildman–Crippen LogP) is 4.26. The van der Waals surface area contributed by atoms with E-state index >= 15 is 0 Å². The van der Waals surface area contributed by atoms with E-state index in [0.717, 1.165) is 40.7 Å². The predicted molar refractivity (Wildman–Crippen MR) is 112 cm³/mol. The normalized spacial score (nSPS) is 12.1. The first kappa shape index (κ1) is 19.1. The van der Waals surface area contributed by atoms with Gasteiger partial charge in [0.1, 0.15) is 0 Å². The number of anilines is 1. The number of carbonyl (C=O) groups excluding carboxylic acids is 1. The van der Waals surface area contributed by atoms with Crippen LogP contribution in [0.2, 0.25) is 0 Å². The average molecular weight is 361 g/mol. The van der Waals surface area contributed by atoms with Gasteiger partial charge >= 0.3 is 0 Å². The smallest absolute Gasteiger partial charge is 0.238 e. The molecule has 1 atom stereocenters. The fourth-order valence-corrected chi connectivity index (χ4v) is 3.35. The van der Waals surface area contributed by atoms with Crippen molar-refractivity contribution in [2.24, 2.45) is 0 Å². The number of amides is 1. The summed E-state index contributed by atoms with van der Waals surface area (Å²) >= 11 is 0. The van der Waals surface area contributed by atoms with Crippen LogP contribution in [0.3, 0.4) is 0 Å². The molecular weight excluding hydrogens is 334 g/mol. The molecule has 4 nitrogen and oxygen atoms in total. The van der Waals surface area contributed by atoms with E-state index in [1.54, 1.807) is 0 Å². The van der Waals surface area contributed by atoms with E-state index in [1.165, 1.54) is 5.56 Å². The Bertz CT molecular complexity index is 922. The molecule has 2 N–H and O–H groups in total. The lowest BCUT2D eigenvalue weighted by Crippen LogP contribution is -2.35. The molecule has 140 valence electrons. The van der Waals surface area contributed by atoms with Gasteiger partial charge in [0.15, 0.2) is 0 Å². The molecule has 0 bridgehead atoms. The minimum atomic E-state index is -0.0311. The Hall–Kier alpha value is -2.72. The number of carbonyl (C=O) groups is 1. The first-order chi connectivity index (χ1) is 13.1. The standard InChI is InChI=1S/C23H27N3O/c1-4-20-17(3)23(19-12-8-9-13-21(19)25-20)26-22(27)15-24-16(2)14-18-10-6-5-7-11-18/h5-13,16,24H,4,14-15H2,1-3H3,(H,25,26,27). The maximum atomic E-state index is 12.6. The maximum absolute atomic E-state index is 12.6. The zero-order valence-corrected chi connectivity index (χ0v) is 16.3. The molecule has 1 aromatic heterocycles. The molecule has 1 amide bonds. The van der Waals surface area contributed by atoms with Gasteiger partial charge in [-0.05, 0) is 43.9 Å². The molecule has 0 aliphatic heterocycles. The SMILES string of the molecule is CCc1nc2ccccc2c(NC(=O)CNC(C)Cc2ccccc2)c1C. The van der Waals surface area contributed by atoms with Gasteiger partial charge in [-0.25, -0.2) is 0 Å². The van der Waals surface area contributed by atoms with Crippen molar-refractivity contribution in [3.8, 4) is 0 Å². The molecule has 0 fully saturated rings. The number of fused-ring (bicyclic) bond motifs is 1. The van der Waals surface area contributed by atoms with Crippen LogP contribution in [0, 0.1) is 6.92 Å². The number of pyridine rings is 1. The minimum absolute atomic E-state index is 0.0311. The number of hydrogen-bond donors (Lipinski definition) is 2. The molecule has 0 aliphatic carbocycles. The summed E-state index contributed by atoms with van der Waals surface area (Å²) in [5.41, 5.74) is 5.12. The van der Waals surface area contributed by atoms with Crippen molar-refractivity contribution in [2.75, 3.05) is 11.9 Å². The highest BCUT2D eigenvalue weighted by atomic mass is 16.1. The number of hydrogen-bond acceptors (Lipinski definition) is 3. The van der Waals surface area contributed by atoms with E-state index < -0.39 is 0 Å². The first-order valence-corrected chi connectivity index (χ1v) is 9.53. The summed E-state index contributed by atoms with van der Waals surface area (Å²) in [4.78, 5) is 17.3. The van der Waals surface area contributed by atoms with Crippen molar-refractivity contribution < 1.29 is 4.79 Å². The highest BCUT2D eigenvalue weighted by molar-refractivity contribution is 6.03. The Kier molecular flexibility index (Phi) is 6.20. The zero-order chi connectivity index (χ0) is 19.2. The highest BCUT2D eigenvalue weighted by Crippen LogP contribution is 2.28. The van der Waals surface area contributed by atoms with Gasteiger partial charge < -0.3 is 10.6 Å². The van der Waals surface area contributed by atoms with Gasteiger partial charge in [0.25, 0.3) is 0 Å². The Labute approximate surface area is 161 Å². The Morgan fingerprint density at radius 3 is 2.52 bits per heavy atom. The van der Waals surface area contributed by atoms with E-state index in [9.17, 15) is 4.79 Å². The molecule has 0 saturated heterocycles. The van der Waals surface area contributed by atoms with Crippen molar-refractivity contribution >= 4 is 22.5 Å². The summed E-state index contributed by atoms with van der Waals surface area (Å²) in [6.07, 6.45) is 1.73. The van der Waals surface area contributed by atoms with Gasteiger partial charge in [-0.1, -0.05) is 55.5 Å². The lowest BCUT2D eigenvalue weighted by atomic mass is 10.1. The highest BCUT2D eigenvalue weighted by Gasteiger charge is 2.14. The van der Waals surface area contributed by atoms with E-state index in [1.807, 2.05) is 49.4 Å². The molecule has 0 saturated carbocycles. The lowest BCUT2D eigenvalue weighted by molar-refractivity contribution is -0.115. The first-order valence-electron chi connectivity index (χ1n) is 9.53. The van der Waals surface area contributed by atoms with Crippen LogP contribution < -0.4 is 10.6 Å². The van der Waals surface area contributed by atoms with E-state index in [0.29, 0.717) is 0 Å². The van der Waals surface area contributed by atoms with Crippen molar-refractivity contribution in [3.05, 3.63) is 71.4 Å². The van der Waals surface area contributed by atoms with Crippen molar-refractivity contribution in [2.45, 2.75) is 39.7 Å². The molecular formula is C23H27N3O. The number of nitrogens with zero attached hydrogens (tertiary/aromatic N) is 1. The molecule has 3 aromatic rings. The monoisotopic (exact) mass is 361 g/mol. The molecule has 1 heterocycles. The lowest BCUT2D eigenvalue weighted by Gasteiger charge is -2.17. The Morgan fingerprint density at radius 1 is 1.07 bits per heavy atom. The van der Waals surface area contributed by atoms with Gasteiger partial charge in [0.05, 0.1) is 17.7 Å². The Morgan fingerprint density at radius 2 is 1.78 bits per heavy atom. The molecule has 4 heteroatoms. The molecule has 0 radical (unpaired) electrons. The largest absolute Gasteiger partial charge is 0.324 e. The minimum Gasteiger partial charge on any atom is -0.324 e. The topological polar surface area (TPSA) is 54.0 Å². The summed E-state index contributed by atoms with van der Waals surface area (Å²) in [6.45, 7) is 6.50. The summed E-state index contributed by atoms with van der Waals surface area (Å²) < 4.78 is 0. The fraction of sp³-hybridized carbons (Fsp3) is 0.304. The fourth-order valence-electron chi connectivity index (χ4n) is 3.35. The van der Waals surface area contributed by atoms with Crippen LogP contribution in [0.25, 0.3) is 10.9 Å². The quantitative estimate of drug-likeness (QED) is 0.661. The van der Waals surface area contributed by atoms with Gasteiger partial charge in [-0.3, -0.25) is 9.78 Å². The summed E-state index contributed by atoms with van der Waals surface area (Å²) in [7, 11) is 0. The summed E-state index contributed by atoms with van der Waals surface area (Å²) in [5.74, 6) is -0.0311. The van der Waals surface area contributed by atoms with Crippen LogP contribution in [-0.4, -0.2) is 23.5 Å². The van der Waals surface area contributed by atoms with Crippen molar-refractivity contribution in [1.29, 1.82) is 0 Å². The summed E-state index contributed by atoms with van der Waals surface area (Å²) in [5, 5.41) is 7.41. The average Bonchev–Trinajstić information content (AvgIpc) is 2.69. The van der Waals surface area contributed by atoms with Crippen molar-refractivity contribution in [1.82, 2.24) is 10.3 Å². The third-order valence-corrected chi connectivity index (χ3v) is 4.83. The number of benzene rings is 2. The summed E-state index contributed by atoms with van der Waals surface area (Å²) in [6, 6.07) is 18.5. The second-order valence-electron chi connectivity index (χ2n) is 6.95. The molecule has 0 spiro atoms. The van der Waals surface area contributed by atoms with E-state index in [2.05, 4.69) is 36.6 Å². The molecule has 27 heavy (non-hydrogen) atoms. The van der Waals surface area contributed by atoms with Gasteiger partial charge in [0.2, 0.25) is 5.91 Å². The molecule has 1 unspecified atom stereocenters. The van der Waals surface area contributed by atoms with Crippen LogP contribution in [-0.2, 0) is 17.6 Å². The number of nitrogens with one attached hydrogen (secondary N) is 2. The second kappa shape index (κ2) is 8.78. The van der Waals surface area contributed by atoms with Gasteiger partial charge in [-0.2, -0.15) is 0 Å². The third kappa shape index (κ3) is 4.72. The molecule has 3 rings (SSSR count). The zero-order valence-electron chi connectivity index (χ0n) is 16.3. The second-order valence-corrected chi connectivity index (χ2v) is 6.95.